The smallest absolute Gasteiger partial charge is 0.265 e. The third-order valence-electron chi connectivity index (χ3n) is 3.92. The predicted molar refractivity (Wildman–Crippen MR) is 98.1 cm³/mol. The summed E-state index contributed by atoms with van der Waals surface area (Å²) < 4.78 is 5.51. The number of halogens is 1. The number of anilines is 2. The van der Waals surface area contributed by atoms with Crippen LogP contribution in [0.5, 0.6) is 5.75 Å². The molecule has 0 bridgehead atoms. The van der Waals surface area contributed by atoms with E-state index < -0.39 is 0 Å². The van der Waals surface area contributed by atoms with Gasteiger partial charge in [-0.1, -0.05) is 30.7 Å². The molecule has 1 aliphatic heterocycles. The molecule has 2 aromatic carbocycles. The van der Waals surface area contributed by atoms with E-state index in [9.17, 15) is 9.59 Å². The van der Waals surface area contributed by atoms with Gasteiger partial charge in [0.05, 0.1) is 12.2 Å². The number of ether oxygens (including phenoxy) is 1. The lowest BCUT2D eigenvalue weighted by Crippen LogP contribution is -2.38. The van der Waals surface area contributed by atoms with Crippen molar-refractivity contribution in [1.82, 2.24) is 0 Å². The largest absolute Gasteiger partial charge is 0.482 e. The summed E-state index contributed by atoms with van der Waals surface area (Å²) in [6.07, 6.45) is 1.24. The molecule has 0 spiro atoms. The van der Waals surface area contributed by atoms with Crippen molar-refractivity contribution in [1.29, 1.82) is 0 Å². The summed E-state index contributed by atoms with van der Waals surface area (Å²) in [6.45, 7) is 2.37. The van der Waals surface area contributed by atoms with Crippen LogP contribution in [0.15, 0.2) is 42.5 Å². The van der Waals surface area contributed by atoms with Gasteiger partial charge in [-0.25, -0.2) is 0 Å². The standard InChI is InChI=1S/C19H19ClN2O3/c1-2-3-18(23)21-15-8-9-17-16(10-15)22(19(24)12-25-17)11-13-4-6-14(20)7-5-13/h4-10H,2-3,11-12H2,1H3,(H,21,23). The van der Waals surface area contributed by atoms with E-state index in [2.05, 4.69) is 5.32 Å². The minimum absolute atomic E-state index is 0.00211. The lowest BCUT2D eigenvalue weighted by atomic mass is 10.1. The second-order valence-electron chi connectivity index (χ2n) is 5.88. The molecule has 0 atom stereocenters. The quantitative estimate of drug-likeness (QED) is 0.878. The fourth-order valence-corrected chi connectivity index (χ4v) is 2.80. The number of nitrogens with zero attached hydrogens (tertiary/aromatic N) is 1. The Hall–Kier alpha value is -2.53. The molecular formula is C19H19ClN2O3. The Morgan fingerprint density at radius 2 is 2.00 bits per heavy atom. The van der Waals surface area contributed by atoms with Gasteiger partial charge in [-0.15, -0.1) is 0 Å². The van der Waals surface area contributed by atoms with Crippen molar-refractivity contribution in [3.05, 3.63) is 53.1 Å². The van der Waals surface area contributed by atoms with Gasteiger partial charge in [0, 0.05) is 17.1 Å². The van der Waals surface area contributed by atoms with Crippen molar-refractivity contribution >= 4 is 34.8 Å². The molecule has 0 fully saturated rings. The van der Waals surface area contributed by atoms with Crippen molar-refractivity contribution in [2.75, 3.05) is 16.8 Å². The van der Waals surface area contributed by atoms with Crippen LogP contribution in [0.4, 0.5) is 11.4 Å². The number of carbonyl (C=O) groups excluding carboxylic acids is 2. The zero-order chi connectivity index (χ0) is 17.8. The molecule has 0 unspecified atom stereocenters. The topological polar surface area (TPSA) is 58.6 Å². The maximum Gasteiger partial charge on any atom is 0.265 e. The molecule has 0 saturated heterocycles. The molecule has 1 N–H and O–H groups in total. The highest BCUT2D eigenvalue weighted by Gasteiger charge is 2.26. The molecule has 0 aliphatic carbocycles. The number of fused-ring (bicyclic) bond motifs is 1. The van der Waals surface area contributed by atoms with Crippen molar-refractivity contribution < 1.29 is 14.3 Å². The Bertz CT molecular complexity index is 790. The molecule has 2 amide bonds. The van der Waals surface area contributed by atoms with E-state index in [0.29, 0.717) is 35.1 Å². The third-order valence-corrected chi connectivity index (χ3v) is 4.17. The monoisotopic (exact) mass is 358 g/mol. The van der Waals surface area contributed by atoms with Crippen LogP contribution in [0, 0.1) is 0 Å². The summed E-state index contributed by atoms with van der Waals surface area (Å²) in [5, 5.41) is 3.50. The number of rotatable bonds is 5. The van der Waals surface area contributed by atoms with Gasteiger partial charge in [-0.2, -0.15) is 0 Å². The number of nitrogens with one attached hydrogen (secondary N) is 1. The maximum atomic E-state index is 12.4. The van der Waals surface area contributed by atoms with Crippen LogP contribution in [-0.2, 0) is 16.1 Å². The van der Waals surface area contributed by atoms with E-state index in [0.717, 1.165) is 12.0 Å². The van der Waals surface area contributed by atoms with Gasteiger partial charge >= 0.3 is 0 Å². The first-order valence-corrected chi connectivity index (χ1v) is 8.56. The fourth-order valence-electron chi connectivity index (χ4n) is 2.68. The number of carbonyl (C=O) groups is 2. The van der Waals surface area contributed by atoms with E-state index in [-0.39, 0.29) is 18.4 Å². The Morgan fingerprint density at radius 3 is 2.72 bits per heavy atom. The van der Waals surface area contributed by atoms with Crippen LogP contribution in [0.3, 0.4) is 0 Å². The van der Waals surface area contributed by atoms with E-state index in [1.54, 1.807) is 35.2 Å². The summed E-state index contributed by atoms with van der Waals surface area (Å²) in [5.74, 6) is 0.455. The van der Waals surface area contributed by atoms with Gasteiger partial charge < -0.3 is 15.0 Å². The SMILES string of the molecule is CCCC(=O)Nc1ccc2c(c1)N(Cc1ccc(Cl)cc1)C(=O)CO2. The maximum absolute atomic E-state index is 12.4. The Morgan fingerprint density at radius 1 is 1.24 bits per heavy atom. The van der Waals surface area contributed by atoms with Crippen molar-refractivity contribution in [2.45, 2.75) is 26.3 Å². The molecular weight excluding hydrogens is 340 g/mol. The summed E-state index contributed by atoms with van der Waals surface area (Å²) in [6, 6.07) is 12.7. The zero-order valence-corrected chi connectivity index (χ0v) is 14.7. The normalized spacial score (nSPS) is 13.2. The fraction of sp³-hybridized carbons (Fsp3) is 0.263. The van der Waals surface area contributed by atoms with E-state index in [1.165, 1.54) is 0 Å². The minimum atomic E-state index is -0.125. The van der Waals surface area contributed by atoms with Gasteiger partial charge in [-0.3, -0.25) is 9.59 Å². The van der Waals surface area contributed by atoms with Crippen LogP contribution >= 0.6 is 11.6 Å². The molecule has 0 aromatic heterocycles. The van der Waals surface area contributed by atoms with E-state index in [1.807, 2.05) is 19.1 Å². The molecule has 6 heteroatoms. The summed E-state index contributed by atoms with van der Waals surface area (Å²) in [5.41, 5.74) is 2.27. The molecule has 0 saturated carbocycles. The van der Waals surface area contributed by atoms with E-state index in [4.69, 9.17) is 16.3 Å². The average molecular weight is 359 g/mol. The lowest BCUT2D eigenvalue weighted by molar-refractivity contribution is -0.121. The van der Waals surface area contributed by atoms with Crippen LogP contribution in [0.2, 0.25) is 5.02 Å². The Kier molecular flexibility index (Phi) is 5.24. The number of amides is 2. The van der Waals surface area contributed by atoms with Crippen molar-refractivity contribution in [3.63, 3.8) is 0 Å². The number of benzene rings is 2. The zero-order valence-electron chi connectivity index (χ0n) is 13.9. The first kappa shape index (κ1) is 17.3. The molecule has 3 rings (SSSR count). The molecule has 0 radical (unpaired) electrons. The molecule has 130 valence electrons. The van der Waals surface area contributed by atoms with Crippen LogP contribution < -0.4 is 15.0 Å². The van der Waals surface area contributed by atoms with Gasteiger partial charge in [0.2, 0.25) is 5.91 Å². The first-order valence-electron chi connectivity index (χ1n) is 8.18. The highest BCUT2D eigenvalue weighted by atomic mass is 35.5. The van der Waals surface area contributed by atoms with Crippen molar-refractivity contribution in [2.24, 2.45) is 0 Å². The van der Waals surface area contributed by atoms with Crippen LogP contribution in [0.1, 0.15) is 25.3 Å². The van der Waals surface area contributed by atoms with Gasteiger partial charge in [0.1, 0.15) is 5.75 Å². The lowest BCUT2D eigenvalue weighted by Gasteiger charge is -2.30. The average Bonchev–Trinajstić information content (AvgIpc) is 2.59. The molecule has 25 heavy (non-hydrogen) atoms. The van der Waals surface area contributed by atoms with Crippen molar-refractivity contribution in [3.8, 4) is 5.75 Å². The third kappa shape index (κ3) is 4.12. The summed E-state index contributed by atoms with van der Waals surface area (Å²) in [4.78, 5) is 25.8. The highest BCUT2D eigenvalue weighted by Crippen LogP contribution is 2.35. The van der Waals surface area contributed by atoms with Crippen LogP contribution in [0.25, 0.3) is 0 Å². The summed E-state index contributed by atoms with van der Waals surface area (Å²) >= 11 is 5.92. The summed E-state index contributed by atoms with van der Waals surface area (Å²) in [7, 11) is 0. The molecule has 1 heterocycles. The second kappa shape index (κ2) is 7.57. The Balaban J connectivity index is 1.86. The second-order valence-corrected chi connectivity index (χ2v) is 6.31. The number of hydrogen-bond acceptors (Lipinski definition) is 3. The van der Waals surface area contributed by atoms with Gasteiger partial charge in [0.15, 0.2) is 6.61 Å². The highest BCUT2D eigenvalue weighted by molar-refractivity contribution is 6.30. The molecule has 2 aromatic rings. The molecule has 5 nitrogen and oxygen atoms in total. The predicted octanol–water partition coefficient (Wildman–Crippen LogP) is 4.00. The minimum Gasteiger partial charge on any atom is -0.482 e. The van der Waals surface area contributed by atoms with Gasteiger partial charge in [0.25, 0.3) is 5.91 Å². The molecule has 1 aliphatic rings. The first-order chi connectivity index (χ1) is 12.1. The van der Waals surface area contributed by atoms with Crippen LogP contribution in [-0.4, -0.2) is 18.4 Å². The van der Waals surface area contributed by atoms with E-state index >= 15 is 0 Å². The Labute approximate surface area is 151 Å². The van der Waals surface area contributed by atoms with Gasteiger partial charge in [-0.05, 0) is 42.3 Å². The number of hydrogen-bond donors (Lipinski definition) is 1.